The number of carbonyl (C=O) groups excluding carboxylic acids is 3. The van der Waals surface area contributed by atoms with Gasteiger partial charge in [-0.25, -0.2) is 0 Å². The lowest BCUT2D eigenvalue weighted by Gasteiger charge is -2.39. The highest BCUT2D eigenvalue weighted by Gasteiger charge is 2.70. The highest BCUT2D eigenvalue weighted by Crippen LogP contribution is 2.59. The fourth-order valence-corrected chi connectivity index (χ4v) is 7.59. The number of benzene rings is 3. The van der Waals surface area contributed by atoms with Crippen molar-refractivity contribution in [2.24, 2.45) is 5.92 Å². The summed E-state index contributed by atoms with van der Waals surface area (Å²) in [6.07, 6.45) is 2.07. The normalized spacial score (nSPS) is 24.1. The lowest BCUT2D eigenvalue weighted by molar-refractivity contribution is -0.121. The highest BCUT2D eigenvalue weighted by molar-refractivity contribution is 7.12. The molecule has 1 amide bonds. The van der Waals surface area contributed by atoms with Crippen LogP contribution in [0.5, 0.6) is 5.75 Å². The van der Waals surface area contributed by atoms with E-state index in [0.29, 0.717) is 21.9 Å². The lowest BCUT2D eigenvalue weighted by Crippen LogP contribution is -2.51. The molecule has 6 nitrogen and oxygen atoms in total. The van der Waals surface area contributed by atoms with Crippen LogP contribution in [0.1, 0.15) is 38.1 Å². The molecule has 1 spiro atoms. The minimum atomic E-state index is -1.31. The second-order valence-electron chi connectivity index (χ2n) is 10.4. The van der Waals surface area contributed by atoms with Crippen molar-refractivity contribution in [2.45, 2.75) is 24.4 Å². The van der Waals surface area contributed by atoms with E-state index in [1.807, 2.05) is 71.8 Å². The molecule has 1 fully saturated rings. The van der Waals surface area contributed by atoms with Gasteiger partial charge >= 0.3 is 0 Å². The number of anilines is 2. The fraction of sp³-hybridized carbons (Fsp3) is 0.182. The minimum absolute atomic E-state index is 0.202. The van der Waals surface area contributed by atoms with Gasteiger partial charge in [0.15, 0.2) is 11.6 Å². The molecule has 0 radical (unpaired) electrons. The first-order chi connectivity index (χ1) is 19.5. The molecule has 0 aliphatic carbocycles. The molecule has 0 bridgehead atoms. The Hall–Kier alpha value is -4.49. The molecule has 3 aliphatic rings. The maximum Gasteiger partial charge on any atom is 0.238 e. The summed E-state index contributed by atoms with van der Waals surface area (Å²) in [5.41, 5.74) is 3.42. The smallest absolute Gasteiger partial charge is 0.238 e. The Bertz CT molecular complexity index is 1710. The Morgan fingerprint density at radius 2 is 1.68 bits per heavy atom. The van der Waals surface area contributed by atoms with Crippen molar-refractivity contribution in [1.82, 2.24) is 0 Å². The predicted molar refractivity (Wildman–Crippen MR) is 156 cm³/mol. The monoisotopic (exact) mass is 546 g/mol. The molecular formula is C33H26N2O4S. The van der Waals surface area contributed by atoms with Gasteiger partial charge in [-0.2, -0.15) is 0 Å². The van der Waals surface area contributed by atoms with E-state index in [-0.39, 0.29) is 17.5 Å². The van der Waals surface area contributed by atoms with Gasteiger partial charge in [0.05, 0.1) is 23.9 Å². The van der Waals surface area contributed by atoms with Crippen LogP contribution in [0.15, 0.2) is 96.4 Å². The van der Waals surface area contributed by atoms with Gasteiger partial charge < -0.3 is 15.0 Å². The van der Waals surface area contributed by atoms with Crippen LogP contribution in [0.3, 0.4) is 0 Å². The number of rotatable bonds is 5. The van der Waals surface area contributed by atoms with Crippen molar-refractivity contribution < 1.29 is 19.1 Å². The Morgan fingerprint density at radius 1 is 0.925 bits per heavy atom. The number of Topliss-reactive ketones (excluding diaryl/α,β-unsaturated/α-hetero) is 2. The van der Waals surface area contributed by atoms with Crippen molar-refractivity contribution >= 4 is 45.8 Å². The third kappa shape index (κ3) is 3.24. The van der Waals surface area contributed by atoms with Gasteiger partial charge in [0, 0.05) is 22.5 Å². The predicted octanol–water partition coefficient (Wildman–Crippen LogP) is 6.00. The lowest BCUT2D eigenvalue weighted by atomic mass is 9.64. The largest absolute Gasteiger partial charge is 0.497 e. The first kappa shape index (κ1) is 24.5. The SMILES string of the molecule is COc1ccc(C(=O)[C@H]2[C@@H](C(=O)c3cccs3)[C@]3(C(=O)Nc4ccccc43)[C@H]3C=C(C)c4ccccc4N23)cc1. The first-order valence-electron chi connectivity index (χ1n) is 13.2. The number of ketones is 2. The van der Waals surface area contributed by atoms with Gasteiger partial charge in [0.1, 0.15) is 17.2 Å². The number of amides is 1. The van der Waals surface area contributed by atoms with Crippen molar-refractivity contribution in [1.29, 1.82) is 0 Å². The zero-order valence-corrected chi connectivity index (χ0v) is 22.8. The molecule has 7 heteroatoms. The molecule has 0 unspecified atom stereocenters. The van der Waals surface area contributed by atoms with E-state index in [1.165, 1.54) is 11.3 Å². The van der Waals surface area contributed by atoms with Crippen molar-refractivity contribution in [3.05, 3.63) is 118 Å². The molecule has 3 aliphatic heterocycles. The van der Waals surface area contributed by atoms with Crippen LogP contribution in [-0.4, -0.2) is 36.7 Å². The van der Waals surface area contributed by atoms with Gasteiger partial charge in [-0.05, 0) is 65.9 Å². The average Bonchev–Trinajstić information content (AvgIpc) is 3.70. The van der Waals surface area contributed by atoms with Crippen LogP contribution in [-0.2, 0) is 10.2 Å². The molecule has 3 aromatic carbocycles. The van der Waals surface area contributed by atoms with E-state index in [1.54, 1.807) is 37.4 Å². The van der Waals surface area contributed by atoms with E-state index >= 15 is 0 Å². The number of fused-ring (bicyclic) bond motifs is 6. The molecule has 198 valence electrons. The van der Waals surface area contributed by atoms with E-state index in [4.69, 9.17) is 4.74 Å². The van der Waals surface area contributed by atoms with Crippen LogP contribution in [0.25, 0.3) is 5.57 Å². The summed E-state index contributed by atoms with van der Waals surface area (Å²) in [7, 11) is 1.58. The standard InChI is InChI=1S/C33H26N2O4S/c1-19-18-27-33(23-9-4-5-10-24(23)34-32(33)38)28(31(37)26-12-7-17-40-26)29(35(27)25-11-6-3-8-22(19)25)30(36)20-13-15-21(39-2)16-14-20/h3-18,27-29H,1-2H3,(H,34,38)/t27-,28+,29-,33-/m1/s1. The molecule has 4 aromatic rings. The molecule has 4 heterocycles. The molecule has 4 atom stereocenters. The summed E-state index contributed by atoms with van der Waals surface area (Å²) >= 11 is 1.33. The zero-order chi connectivity index (χ0) is 27.6. The van der Waals surface area contributed by atoms with Crippen LogP contribution in [0, 0.1) is 5.92 Å². The third-order valence-electron chi connectivity index (χ3n) is 8.57. The van der Waals surface area contributed by atoms with E-state index in [0.717, 1.165) is 22.4 Å². The Labute approximate surface area is 235 Å². The Morgan fingerprint density at radius 3 is 2.42 bits per heavy atom. The zero-order valence-electron chi connectivity index (χ0n) is 22.0. The van der Waals surface area contributed by atoms with Gasteiger partial charge in [-0.15, -0.1) is 11.3 Å². The maximum absolute atomic E-state index is 14.7. The quantitative estimate of drug-likeness (QED) is 0.311. The maximum atomic E-state index is 14.7. The van der Waals surface area contributed by atoms with Gasteiger partial charge in [0.25, 0.3) is 0 Å². The van der Waals surface area contributed by atoms with Crippen LogP contribution >= 0.6 is 11.3 Å². The van der Waals surface area contributed by atoms with Crippen LogP contribution in [0.4, 0.5) is 11.4 Å². The van der Waals surface area contributed by atoms with Crippen molar-refractivity contribution in [3.8, 4) is 5.75 Å². The summed E-state index contributed by atoms with van der Waals surface area (Å²) in [6, 6.07) is 24.6. The number of carbonyl (C=O) groups is 3. The molecule has 40 heavy (non-hydrogen) atoms. The molecule has 1 saturated heterocycles. The second-order valence-corrected chi connectivity index (χ2v) is 11.4. The Kier molecular flexibility index (Phi) is 5.54. The summed E-state index contributed by atoms with van der Waals surface area (Å²) in [5.74, 6) is -1.00. The van der Waals surface area contributed by atoms with Gasteiger partial charge in [-0.1, -0.05) is 48.5 Å². The van der Waals surface area contributed by atoms with E-state index in [2.05, 4.69) is 11.4 Å². The number of nitrogens with zero attached hydrogens (tertiary/aromatic N) is 1. The number of para-hydroxylation sites is 2. The summed E-state index contributed by atoms with van der Waals surface area (Å²) < 4.78 is 5.32. The van der Waals surface area contributed by atoms with Gasteiger partial charge in [-0.3, -0.25) is 14.4 Å². The number of hydrogen-bond donors (Lipinski definition) is 1. The second kappa shape index (κ2) is 9.03. The molecular weight excluding hydrogens is 520 g/mol. The van der Waals surface area contributed by atoms with Crippen molar-refractivity contribution in [2.75, 3.05) is 17.3 Å². The molecule has 7 rings (SSSR count). The number of hydrogen-bond acceptors (Lipinski definition) is 6. The van der Waals surface area contributed by atoms with Crippen LogP contribution in [0.2, 0.25) is 0 Å². The topological polar surface area (TPSA) is 75.7 Å². The third-order valence-corrected chi connectivity index (χ3v) is 9.46. The highest BCUT2D eigenvalue weighted by atomic mass is 32.1. The molecule has 1 N–H and O–H groups in total. The number of thiophene rings is 1. The van der Waals surface area contributed by atoms with E-state index < -0.39 is 23.4 Å². The number of methoxy groups -OCH3 is 1. The summed E-state index contributed by atoms with van der Waals surface area (Å²) in [6.45, 7) is 2.03. The minimum Gasteiger partial charge on any atom is -0.497 e. The van der Waals surface area contributed by atoms with Crippen LogP contribution < -0.4 is 15.0 Å². The van der Waals surface area contributed by atoms with Crippen molar-refractivity contribution in [3.63, 3.8) is 0 Å². The summed E-state index contributed by atoms with van der Waals surface area (Å²) in [5, 5.41) is 4.93. The first-order valence-corrected chi connectivity index (χ1v) is 14.1. The fourth-order valence-electron chi connectivity index (χ4n) is 6.89. The number of allylic oxidation sites excluding steroid dienone is 1. The molecule has 0 saturated carbocycles. The average molecular weight is 547 g/mol. The number of nitrogens with one attached hydrogen (secondary N) is 1. The number of ether oxygens (including phenoxy) is 1. The molecule has 1 aromatic heterocycles. The van der Waals surface area contributed by atoms with Gasteiger partial charge in [0.2, 0.25) is 5.91 Å². The summed E-state index contributed by atoms with van der Waals surface area (Å²) in [4.78, 5) is 46.2. The van der Waals surface area contributed by atoms with E-state index in [9.17, 15) is 14.4 Å². The Balaban J connectivity index is 1.54.